The number of rotatable bonds is 2. The average Bonchev–Trinajstić information content (AvgIpc) is 2.25. The molecule has 1 rings (SSSR count). The molecule has 0 aliphatic carbocycles. The highest BCUT2D eigenvalue weighted by atomic mass is 28.3. The summed E-state index contributed by atoms with van der Waals surface area (Å²) in [5.74, 6) is 2.86. The maximum atomic E-state index is 10.5. The third-order valence-electron chi connectivity index (χ3n) is 1.97. The molecule has 0 fully saturated rings. The molecule has 0 aromatic heterocycles. The van der Waals surface area contributed by atoms with E-state index in [1.807, 2.05) is 0 Å². The van der Waals surface area contributed by atoms with Crippen molar-refractivity contribution in [1.29, 1.82) is 0 Å². The zero-order chi connectivity index (χ0) is 12.2. The second-order valence-corrected chi connectivity index (χ2v) is 9.46. The van der Waals surface area contributed by atoms with Crippen molar-refractivity contribution in [2.75, 3.05) is 0 Å². The van der Waals surface area contributed by atoms with E-state index in [1.165, 1.54) is 0 Å². The molecule has 0 spiro atoms. The topological polar surface area (TPSA) is 37.3 Å². The number of aldehydes is 1. The van der Waals surface area contributed by atoms with E-state index in [4.69, 9.17) is 0 Å². The molecule has 0 saturated carbocycles. The van der Waals surface area contributed by atoms with Gasteiger partial charge < -0.3 is 5.11 Å². The van der Waals surface area contributed by atoms with Gasteiger partial charge in [-0.15, -0.1) is 5.54 Å². The van der Waals surface area contributed by atoms with E-state index in [1.54, 1.807) is 24.3 Å². The Hall–Kier alpha value is -1.37. The summed E-state index contributed by atoms with van der Waals surface area (Å²) in [6, 6.07) is 6.82. The average molecular weight is 232 g/mol. The second-order valence-electron chi connectivity index (χ2n) is 4.71. The third kappa shape index (κ3) is 4.01. The summed E-state index contributed by atoms with van der Waals surface area (Å²) >= 11 is 0. The van der Waals surface area contributed by atoms with Gasteiger partial charge in [0.1, 0.15) is 20.5 Å². The molecule has 84 valence electrons. The Balaban J connectivity index is 2.83. The van der Waals surface area contributed by atoms with Gasteiger partial charge in [0, 0.05) is 5.56 Å². The van der Waals surface area contributed by atoms with Gasteiger partial charge in [0.15, 0.2) is 0 Å². The summed E-state index contributed by atoms with van der Waals surface area (Å²) in [5.41, 5.74) is 4.46. The minimum Gasteiger partial charge on any atom is -0.376 e. The highest BCUT2D eigenvalue weighted by Crippen LogP contribution is 2.12. The van der Waals surface area contributed by atoms with Gasteiger partial charge in [0.05, 0.1) is 0 Å². The van der Waals surface area contributed by atoms with Crippen LogP contribution in [0.5, 0.6) is 0 Å². The Morgan fingerprint density at radius 1 is 1.25 bits per heavy atom. The minimum absolute atomic E-state index is 0.606. The van der Waals surface area contributed by atoms with Crippen LogP contribution < -0.4 is 0 Å². The van der Waals surface area contributed by atoms with Crippen molar-refractivity contribution in [1.82, 2.24) is 0 Å². The largest absolute Gasteiger partial charge is 0.376 e. The van der Waals surface area contributed by atoms with E-state index in [9.17, 15) is 9.90 Å². The molecule has 1 unspecified atom stereocenters. The van der Waals surface area contributed by atoms with Gasteiger partial charge in [-0.25, -0.2) is 0 Å². The molecule has 0 aliphatic heterocycles. The zero-order valence-electron chi connectivity index (χ0n) is 9.82. The lowest BCUT2D eigenvalue weighted by atomic mass is 10.1. The second kappa shape index (κ2) is 5.11. The molecule has 3 heteroatoms. The van der Waals surface area contributed by atoms with Gasteiger partial charge >= 0.3 is 0 Å². The first-order chi connectivity index (χ1) is 7.42. The first-order valence-electron chi connectivity index (χ1n) is 5.18. The Morgan fingerprint density at radius 2 is 1.81 bits per heavy atom. The van der Waals surface area contributed by atoms with Crippen LogP contribution in [0.15, 0.2) is 24.3 Å². The standard InChI is InChI=1S/C13H16O2Si/c1-16(2,3)9-8-13(15)12-6-4-11(10-14)5-7-12/h4-7,10,13,15H,1-3H3. The highest BCUT2D eigenvalue weighted by Gasteiger charge is 2.09. The van der Waals surface area contributed by atoms with E-state index < -0.39 is 14.2 Å². The van der Waals surface area contributed by atoms with Crippen molar-refractivity contribution in [3.63, 3.8) is 0 Å². The molecule has 0 heterocycles. The van der Waals surface area contributed by atoms with Gasteiger partial charge in [-0.1, -0.05) is 49.8 Å². The molecule has 1 aromatic rings. The van der Waals surface area contributed by atoms with Crippen LogP contribution in [0.3, 0.4) is 0 Å². The summed E-state index contributed by atoms with van der Waals surface area (Å²) in [6.45, 7) is 6.38. The normalized spacial score (nSPS) is 12.5. The number of carbonyl (C=O) groups is 1. The van der Waals surface area contributed by atoms with Crippen LogP contribution >= 0.6 is 0 Å². The fraction of sp³-hybridized carbons (Fsp3) is 0.308. The van der Waals surface area contributed by atoms with Crippen LogP contribution in [0.4, 0.5) is 0 Å². The summed E-state index contributed by atoms with van der Waals surface area (Å²) in [5, 5.41) is 9.81. The highest BCUT2D eigenvalue weighted by molar-refractivity contribution is 6.83. The molecule has 0 bridgehead atoms. The number of aliphatic hydroxyl groups is 1. The van der Waals surface area contributed by atoms with Crippen molar-refractivity contribution < 1.29 is 9.90 Å². The van der Waals surface area contributed by atoms with Gasteiger partial charge in [-0.05, 0) is 5.56 Å². The van der Waals surface area contributed by atoms with E-state index in [0.29, 0.717) is 5.56 Å². The number of benzene rings is 1. The van der Waals surface area contributed by atoms with Gasteiger partial charge in [0.25, 0.3) is 0 Å². The fourth-order valence-electron chi connectivity index (χ4n) is 1.13. The Morgan fingerprint density at radius 3 is 2.25 bits per heavy atom. The molecule has 1 aromatic carbocycles. The molecule has 0 saturated heterocycles. The van der Waals surface area contributed by atoms with Gasteiger partial charge in [0.2, 0.25) is 0 Å². The summed E-state index contributed by atoms with van der Waals surface area (Å²) in [4.78, 5) is 10.5. The summed E-state index contributed by atoms with van der Waals surface area (Å²) in [7, 11) is -1.45. The number of hydrogen-bond donors (Lipinski definition) is 1. The first kappa shape index (κ1) is 12.7. The number of carbonyl (C=O) groups excluding carboxylic acids is 1. The number of hydrogen-bond acceptors (Lipinski definition) is 2. The molecule has 1 atom stereocenters. The van der Waals surface area contributed by atoms with Crippen molar-refractivity contribution in [3.05, 3.63) is 35.4 Å². The molecular formula is C13H16O2Si. The molecule has 0 aliphatic rings. The van der Waals surface area contributed by atoms with E-state index in [0.717, 1.165) is 11.8 Å². The van der Waals surface area contributed by atoms with Crippen molar-refractivity contribution in [2.24, 2.45) is 0 Å². The van der Waals surface area contributed by atoms with Crippen LogP contribution in [-0.4, -0.2) is 19.5 Å². The lowest BCUT2D eigenvalue weighted by Gasteiger charge is -2.07. The minimum atomic E-state index is -1.45. The van der Waals surface area contributed by atoms with E-state index >= 15 is 0 Å². The van der Waals surface area contributed by atoms with Gasteiger partial charge in [-0.3, -0.25) is 4.79 Å². The van der Waals surface area contributed by atoms with Crippen molar-refractivity contribution >= 4 is 14.4 Å². The van der Waals surface area contributed by atoms with E-state index in [-0.39, 0.29) is 0 Å². The molecule has 1 N–H and O–H groups in total. The predicted molar refractivity (Wildman–Crippen MR) is 67.9 cm³/mol. The van der Waals surface area contributed by atoms with Crippen LogP contribution in [0, 0.1) is 11.5 Å². The third-order valence-corrected chi connectivity index (χ3v) is 2.87. The maximum Gasteiger partial charge on any atom is 0.150 e. The van der Waals surface area contributed by atoms with Crippen LogP contribution in [0.25, 0.3) is 0 Å². The molecule has 16 heavy (non-hydrogen) atoms. The fourth-order valence-corrected chi connectivity index (χ4v) is 1.69. The quantitative estimate of drug-likeness (QED) is 0.483. The Labute approximate surface area is 97.3 Å². The monoisotopic (exact) mass is 232 g/mol. The van der Waals surface area contributed by atoms with Gasteiger partial charge in [-0.2, -0.15) is 0 Å². The predicted octanol–water partition coefficient (Wildman–Crippen LogP) is 2.41. The molecule has 0 amide bonds. The lowest BCUT2D eigenvalue weighted by Crippen LogP contribution is -2.16. The molecular weight excluding hydrogens is 216 g/mol. The summed E-state index contributed by atoms with van der Waals surface area (Å²) in [6.07, 6.45) is 0.0246. The Kier molecular flexibility index (Phi) is 4.05. The summed E-state index contributed by atoms with van der Waals surface area (Å²) < 4.78 is 0. The van der Waals surface area contributed by atoms with Crippen molar-refractivity contribution in [3.8, 4) is 11.5 Å². The molecule has 2 nitrogen and oxygen atoms in total. The van der Waals surface area contributed by atoms with Crippen LogP contribution in [0.1, 0.15) is 22.0 Å². The smallest absolute Gasteiger partial charge is 0.150 e. The molecule has 0 radical (unpaired) electrons. The van der Waals surface area contributed by atoms with Crippen LogP contribution in [-0.2, 0) is 0 Å². The SMILES string of the molecule is C[Si](C)(C)C#CC(O)c1ccc(C=O)cc1. The number of aliphatic hydroxyl groups excluding tert-OH is 1. The Bertz CT molecular complexity index is 418. The first-order valence-corrected chi connectivity index (χ1v) is 8.68. The zero-order valence-corrected chi connectivity index (χ0v) is 10.8. The van der Waals surface area contributed by atoms with E-state index in [2.05, 4.69) is 31.1 Å². The maximum absolute atomic E-state index is 10.5. The van der Waals surface area contributed by atoms with Crippen molar-refractivity contribution in [2.45, 2.75) is 25.7 Å². The van der Waals surface area contributed by atoms with Crippen LogP contribution in [0.2, 0.25) is 19.6 Å². The lowest BCUT2D eigenvalue weighted by molar-refractivity contribution is 0.112.